The van der Waals surface area contributed by atoms with Crippen molar-refractivity contribution in [2.75, 3.05) is 14.2 Å². The summed E-state index contributed by atoms with van der Waals surface area (Å²) in [6.45, 7) is 0. The highest BCUT2D eigenvalue weighted by Crippen LogP contribution is 2.31. The van der Waals surface area contributed by atoms with Gasteiger partial charge in [-0.2, -0.15) is 9.78 Å². The number of rotatable bonds is 6. The van der Waals surface area contributed by atoms with Gasteiger partial charge in [-0.05, 0) is 42.0 Å². The van der Waals surface area contributed by atoms with E-state index in [1.165, 1.54) is 4.68 Å². The summed E-state index contributed by atoms with van der Waals surface area (Å²) >= 11 is 0. The maximum Gasteiger partial charge on any atom is 0.282 e. The summed E-state index contributed by atoms with van der Waals surface area (Å²) in [4.78, 5) is 17.9. The molecule has 0 bridgehead atoms. The van der Waals surface area contributed by atoms with Crippen LogP contribution in [0.4, 0.5) is 0 Å². The van der Waals surface area contributed by atoms with Gasteiger partial charge >= 0.3 is 0 Å². The van der Waals surface area contributed by atoms with Crippen LogP contribution in [0, 0.1) is 0 Å². The van der Waals surface area contributed by atoms with Crippen LogP contribution in [0.2, 0.25) is 0 Å². The molecule has 6 nitrogen and oxygen atoms in total. The van der Waals surface area contributed by atoms with Gasteiger partial charge in [0.05, 0.1) is 25.1 Å². The number of nitrogens with zero attached hydrogens (tertiary/aromatic N) is 3. The van der Waals surface area contributed by atoms with Crippen LogP contribution < -0.4 is 15.0 Å². The Morgan fingerprint density at radius 1 is 0.903 bits per heavy atom. The van der Waals surface area contributed by atoms with Gasteiger partial charge in [-0.3, -0.25) is 4.79 Å². The summed E-state index contributed by atoms with van der Waals surface area (Å²) in [6, 6.07) is 22.5. The second-order valence-electron chi connectivity index (χ2n) is 6.67. The first-order valence-corrected chi connectivity index (χ1v) is 9.71. The Balaban J connectivity index is 1.83. The molecular weight excluding hydrogens is 390 g/mol. The summed E-state index contributed by atoms with van der Waals surface area (Å²) < 4.78 is 12.0. The molecule has 6 heteroatoms. The highest BCUT2D eigenvalue weighted by molar-refractivity contribution is 5.81. The van der Waals surface area contributed by atoms with Crippen molar-refractivity contribution in [1.29, 1.82) is 0 Å². The van der Waals surface area contributed by atoms with Crippen molar-refractivity contribution in [1.82, 2.24) is 9.66 Å². The average Bonchev–Trinajstić information content (AvgIpc) is 2.83. The third kappa shape index (κ3) is 4.23. The third-order valence-electron chi connectivity index (χ3n) is 4.75. The van der Waals surface area contributed by atoms with Gasteiger partial charge in [-0.1, -0.05) is 48.5 Å². The van der Waals surface area contributed by atoms with E-state index in [1.807, 2.05) is 60.7 Å². The van der Waals surface area contributed by atoms with Crippen molar-refractivity contribution in [2.24, 2.45) is 5.10 Å². The van der Waals surface area contributed by atoms with Gasteiger partial charge in [0, 0.05) is 11.8 Å². The number of ether oxygens (including phenoxy) is 2. The van der Waals surface area contributed by atoms with E-state index in [1.54, 1.807) is 44.7 Å². The maximum atomic E-state index is 13.2. The van der Waals surface area contributed by atoms with Crippen molar-refractivity contribution in [3.63, 3.8) is 0 Å². The first-order chi connectivity index (χ1) is 15.2. The van der Waals surface area contributed by atoms with E-state index in [9.17, 15) is 4.79 Å². The quantitative estimate of drug-likeness (QED) is 0.434. The number of methoxy groups -OCH3 is 2. The number of aromatic nitrogens is 2. The Labute approximate surface area is 179 Å². The molecule has 0 unspecified atom stereocenters. The molecule has 154 valence electrons. The number of para-hydroxylation sites is 1. The van der Waals surface area contributed by atoms with Gasteiger partial charge in [-0.15, -0.1) is 0 Å². The lowest BCUT2D eigenvalue weighted by molar-refractivity contribution is 0.355. The molecule has 0 atom stereocenters. The summed E-state index contributed by atoms with van der Waals surface area (Å²) in [6.07, 6.45) is 5.28. The Kier molecular flexibility index (Phi) is 5.89. The number of benzene rings is 3. The van der Waals surface area contributed by atoms with Crippen LogP contribution in [0.25, 0.3) is 28.4 Å². The number of hydrogen-bond donors (Lipinski definition) is 0. The second-order valence-corrected chi connectivity index (χ2v) is 6.67. The first-order valence-electron chi connectivity index (χ1n) is 9.71. The average molecular weight is 411 g/mol. The molecule has 0 spiro atoms. The van der Waals surface area contributed by atoms with Crippen molar-refractivity contribution in [2.45, 2.75) is 0 Å². The third-order valence-corrected chi connectivity index (χ3v) is 4.75. The Hall–Kier alpha value is -4.19. The standard InChI is InChI=1S/C25H21N3O3/c1-30-22-15-14-19(17-23(22)31-2)24-27-21-13-7-6-12-20(21)25(29)28(24)26-16-8-11-18-9-4-3-5-10-18/h3-17H,1-2H3. The SMILES string of the molecule is COc1ccc(-c2nc3ccccc3c(=O)n2N=CC=Cc2ccccc2)cc1OC. The van der Waals surface area contributed by atoms with Crippen LogP contribution in [-0.2, 0) is 0 Å². The molecule has 1 heterocycles. The molecule has 0 saturated carbocycles. The molecule has 0 radical (unpaired) electrons. The molecule has 0 amide bonds. The summed E-state index contributed by atoms with van der Waals surface area (Å²) in [7, 11) is 3.14. The molecule has 4 aromatic rings. The lowest BCUT2D eigenvalue weighted by atomic mass is 10.1. The van der Waals surface area contributed by atoms with Crippen LogP contribution in [0.1, 0.15) is 5.56 Å². The topological polar surface area (TPSA) is 65.7 Å². The van der Waals surface area contributed by atoms with E-state index in [2.05, 4.69) is 5.10 Å². The maximum absolute atomic E-state index is 13.2. The normalized spacial score (nSPS) is 11.4. The zero-order valence-electron chi connectivity index (χ0n) is 17.2. The predicted molar refractivity (Wildman–Crippen MR) is 124 cm³/mol. The Morgan fingerprint density at radius 3 is 2.42 bits per heavy atom. The van der Waals surface area contributed by atoms with Crippen molar-refractivity contribution in [3.8, 4) is 22.9 Å². The highest BCUT2D eigenvalue weighted by Gasteiger charge is 2.14. The minimum Gasteiger partial charge on any atom is -0.493 e. The zero-order chi connectivity index (χ0) is 21.6. The van der Waals surface area contributed by atoms with Gasteiger partial charge in [0.1, 0.15) is 0 Å². The molecule has 31 heavy (non-hydrogen) atoms. The van der Waals surface area contributed by atoms with Crippen LogP contribution in [0.3, 0.4) is 0 Å². The molecule has 0 aliphatic rings. The van der Waals surface area contributed by atoms with Crippen LogP contribution in [-0.4, -0.2) is 30.1 Å². The number of hydrogen-bond acceptors (Lipinski definition) is 5. The Bertz CT molecular complexity index is 1330. The molecule has 0 saturated heterocycles. The fourth-order valence-corrected chi connectivity index (χ4v) is 3.22. The summed E-state index contributed by atoms with van der Waals surface area (Å²) in [5.41, 5.74) is 2.08. The van der Waals surface area contributed by atoms with Crippen molar-refractivity contribution < 1.29 is 9.47 Å². The highest BCUT2D eigenvalue weighted by atomic mass is 16.5. The number of allylic oxidation sites excluding steroid dienone is 1. The smallest absolute Gasteiger partial charge is 0.282 e. The van der Waals surface area contributed by atoms with Crippen molar-refractivity contribution >= 4 is 23.2 Å². The molecule has 0 fully saturated rings. The fraction of sp³-hybridized carbons (Fsp3) is 0.0800. The largest absolute Gasteiger partial charge is 0.493 e. The molecule has 0 aliphatic heterocycles. The fourth-order valence-electron chi connectivity index (χ4n) is 3.22. The molecule has 0 N–H and O–H groups in total. The first kappa shape index (κ1) is 20.1. The van der Waals surface area contributed by atoms with E-state index in [0.29, 0.717) is 33.8 Å². The van der Waals surface area contributed by atoms with Crippen LogP contribution in [0.5, 0.6) is 11.5 Å². The lowest BCUT2D eigenvalue weighted by Gasteiger charge is -2.12. The van der Waals surface area contributed by atoms with Crippen LogP contribution >= 0.6 is 0 Å². The summed E-state index contributed by atoms with van der Waals surface area (Å²) in [5, 5.41) is 4.90. The zero-order valence-corrected chi connectivity index (χ0v) is 17.2. The minimum absolute atomic E-state index is 0.250. The molecule has 1 aromatic heterocycles. The van der Waals surface area contributed by atoms with E-state index in [4.69, 9.17) is 14.5 Å². The predicted octanol–water partition coefficient (Wildman–Crippen LogP) is 4.63. The number of fused-ring (bicyclic) bond motifs is 1. The van der Waals surface area contributed by atoms with Gasteiger partial charge in [0.25, 0.3) is 5.56 Å². The van der Waals surface area contributed by atoms with Crippen molar-refractivity contribution in [3.05, 3.63) is 94.8 Å². The molecule has 0 aliphatic carbocycles. The molecular formula is C25H21N3O3. The van der Waals surface area contributed by atoms with E-state index in [0.717, 1.165) is 5.56 Å². The van der Waals surface area contributed by atoms with Gasteiger partial charge in [-0.25, -0.2) is 4.98 Å². The lowest BCUT2D eigenvalue weighted by Crippen LogP contribution is -2.20. The van der Waals surface area contributed by atoms with E-state index < -0.39 is 0 Å². The van der Waals surface area contributed by atoms with Crippen LogP contribution in [0.15, 0.2) is 88.8 Å². The second kappa shape index (κ2) is 9.09. The minimum atomic E-state index is -0.250. The van der Waals surface area contributed by atoms with E-state index in [-0.39, 0.29) is 5.56 Å². The monoisotopic (exact) mass is 411 g/mol. The van der Waals surface area contributed by atoms with E-state index >= 15 is 0 Å². The van der Waals surface area contributed by atoms with Gasteiger partial charge < -0.3 is 9.47 Å². The molecule has 3 aromatic carbocycles. The van der Waals surface area contributed by atoms with Gasteiger partial charge in [0.15, 0.2) is 17.3 Å². The summed E-state index contributed by atoms with van der Waals surface area (Å²) in [5.74, 6) is 1.55. The van der Waals surface area contributed by atoms with Gasteiger partial charge in [0.2, 0.25) is 0 Å². The molecule has 4 rings (SSSR count). The Morgan fingerprint density at radius 2 is 1.65 bits per heavy atom.